The molecule has 0 spiro atoms. The van der Waals surface area contributed by atoms with Gasteiger partial charge in [-0.15, -0.1) is 0 Å². The third kappa shape index (κ3) is 1.64. The molecule has 78 valence electrons. The van der Waals surface area contributed by atoms with Crippen molar-refractivity contribution in [2.45, 2.75) is 13.0 Å². The van der Waals surface area contributed by atoms with Crippen LogP contribution in [0.4, 0.5) is 5.95 Å². The lowest BCUT2D eigenvalue weighted by Crippen LogP contribution is -2.14. The number of nitrogens with two attached hydrogens (primary N) is 1. The van der Waals surface area contributed by atoms with Gasteiger partial charge >= 0.3 is 0 Å². The smallest absolute Gasteiger partial charge is 0.280 e. The Balaban J connectivity index is 2.77. The summed E-state index contributed by atoms with van der Waals surface area (Å²) in [4.78, 5) is 25.4. The Labute approximate surface area is 84.0 Å². The molecule has 1 atom stereocenters. The highest BCUT2D eigenvalue weighted by Gasteiger charge is 2.08. The average molecular weight is 207 g/mol. The topological polar surface area (TPSA) is 118 Å². The van der Waals surface area contributed by atoms with Crippen molar-refractivity contribution >= 4 is 17.1 Å². The first kappa shape index (κ1) is 9.53. The first-order chi connectivity index (χ1) is 7.08. The summed E-state index contributed by atoms with van der Waals surface area (Å²) in [7, 11) is 0. The first-order valence-electron chi connectivity index (χ1n) is 4.28. The van der Waals surface area contributed by atoms with Gasteiger partial charge in [-0.05, 0) is 6.92 Å². The summed E-state index contributed by atoms with van der Waals surface area (Å²) in [6, 6.07) is 0. The number of rotatable bonds is 1. The SMILES string of the molecule is CC(O)c1cnc2nc(N)[nH]c(=O)c2n1. The molecule has 0 saturated carbocycles. The van der Waals surface area contributed by atoms with Gasteiger partial charge in [0.1, 0.15) is 0 Å². The summed E-state index contributed by atoms with van der Waals surface area (Å²) in [5, 5.41) is 9.27. The number of nitrogens with one attached hydrogen (secondary N) is 1. The summed E-state index contributed by atoms with van der Waals surface area (Å²) >= 11 is 0. The second-order valence-corrected chi connectivity index (χ2v) is 3.09. The standard InChI is InChI=1S/C8H9N5O2/c1-3(14)4-2-10-6-5(11-4)7(15)13-8(9)12-6/h2-3,14H,1H3,(H3,9,10,12,13,15). The van der Waals surface area contributed by atoms with Crippen LogP contribution in [0.2, 0.25) is 0 Å². The first-order valence-corrected chi connectivity index (χ1v) is 4.28. The molecule has 4 N–H and O–H groups in total. The number of aromatic nitrogens is 4. The Kier molecular flexibility index (Phi) is 2.09. The van der Waals surface area contributed by atoms with Crippen LogP contribution in [0.25, 0.3) is 11.2 Å². The van der Waals surface area contributed by atoms with E-state index in [1.165, 1.54) is 13.1 Å². The lowest BCUT2D eigenvalue weighted by atomic mass is 10.3. The van der Waals surface area contributed by atoms with Crippen LogP contribution in [0.15, 0.2) is 11.0 Å². The van der Waals surface area contributed by atoms with E-state index < -0.39 is 11.7 Å². The van der Waals surface area contributed by atoms with Crippen molar-refractivity contribution in [1.82, 2.24) is 19.9 Å². The molecule has 15 heavy (non-hydrogen) atoms. The highest BCUT2D eigenvalue weighted by molar-refractivity contribution is 5.69. The van der Waals surface area contributed by atoms with Crippen LogP contribution in [0, 0.1) is 0 Å². The maximum Gasteiger partial charge on any atom is 0.280 e. The molecule has 2 rings (SSSR count). The van der Waals surface area contributed by atoms with Crippen molar-refractivity contribution in [3.8, 4) is 0 Å². The molecule has 0 aliphatic carbocycles. The molecule has 0 aliphatic heterocycles. The van der Waals surface area contributed by atoms with Gasteiger partial charge in [0.15, 0.2) is 11.2 Å². The zero-order valence-electron chi connectivity index (χ0n) is 7.93. The van der Waals surface area contributed by atoms with E-state index in [1.54, 1.807) is 0 Å². The number of aromatic amines is 1. The quantitative estimate of drug-likeness (QED) is 0.571. The Morgan fingerprint density at radius 3 is 2.93 bits per heavy atom. The van der Waals surface area contributed by atoms with Gasteiger partial charge in [0.05, 0.1) is 18.0 Å². The second kappa shape index (κ2) is 3.28. The molecule has 0 saturated heterocycles. The van der Waals surface area contributed by atoms with Crippen LogP contribution in [-0.2, 0) is 0 Å². The van der Waals surface area contributed by atoms with Gasteiger partial charge < -0.3 is 10.8 Å². The number of nitrogen functional groups attached to an aromatic ring is 1. The largest absolute Gasteiger partial charge is 0.387 e. The van der Waals surface area contributed by atoms with Gasteiger partial charge in [0.2, 0.25) is 5.95 Å². The van der Waals surface area contributed by atoms with Crippen molar-refractivity contribution in [3.63, 3.8) is 0 Å². The molecule has 2 aromatic rings. The van der Waals surface area contributed by atoms with Crippen molar-refractivity contribution in [2.75, 3.05) is 5.73 Å². The number of anilines is 1. The van der Waals surface area contributed by atoms with Gasteiger partial charge in [0, 0.05) is 0 Å². The fourth-order valence-corrected chi connectivity index (χ4v) is 1.15. The van der Waals surface area contributed by atoms with Gasteiger partial charge in [-0.25, -0.2) is 9.97 Å². The highest BCUT2D eigenvalue weighted by Crippen LogP contribution is 2.09. The molecule has 0 aromatic carbocycles. The summed E-state index contributed by atoms with van der Waals surface area (Å²) in [5.41, 5.74) is 5.43. The molecule has 0 radical (unpaired) electrons. The zero-order valence-corrected chi connectivity index (χ0v) is 7.93. The Hall–Kier alpha value is -2.02. The Morgan fingerprint density at radius 2 is 2.27 bits per heavy atom. The minimum Gasteiger partial charge on any atom is -0.387 e. The molecule has 7 heteroatoms. The number of aliphatic hydroxyl groups is 1. The molecule has 2 aromatic heterocycles. The van der Waals surface area contributed by atoms with E-state index in [4.69, 9.17) is 5.73 Å². The van der Waals surface area contributed by atoms with E-state index in [9.17, 15) is 9.90 Å². The summed E-state index contributed by atoms with van der Waals surface area (Å²) < 4.78 is 0. The van der Waals surface area contributed by atoms with Gasteiger partial charge in [-0.3, -0.25) is 9.78 Å². The number of hydrogen-bond acceptors (Lipinski definition) is 6. The minimum absolute atomic E-state index is 0.00778. The number of fused-ring (bicyclic) bond motifs is 1. The molecular weight excluding hydrogens is 198 g/mol. The maximum atomic E-state index is 11.4. The summed E-state index contributed by atoms with van der Waals surface area (Å²) in [6.45, 7) is 1.54. The second-order valence-electron chi connectivity index (χ2n) is 3.09. The monoisotopic (exact) mass is 207 g/mol. The fraction of sp³-hybridized carbons (Fsp3) is 0.250. The molecule has 0 bridgehead atoms. The zero-order chi connectivity index (χ0) is 11.0. The lowest BCUT2D eigenvalue weighted by molar-refractivity contribution is 0.194. The van der Waals surface area contributed by atoms with Gasteiger partial charge in [0.25, 0.3) is 5.56 Å². The van der Waals surface area contributed by atoms with Crippen molar-refractivity contribution in [1.29, 1.82) is 0 Å². The fourth-order valence-electron chi connectivity index (χ4n) is 1.15. The third-order valence-corrected chi connectivity index (χ3v) is 1.88. The van der Waals surface area contributed by atoms with Crippen LogP contribution >= 0.6 is 0 Å². The van der Waals surface area contributed by atoms with Crippen molar-refractivity contribution in [3.05, 3.63) is 22.2 Å². The third-order valence-electron chi connectivity index (χ3n) is 1.88. The van der Waals surface area contributed by atoms with E-state index in [1.807, 2.05) is 0 Å². The van der Waals surface area contributed by atoms with Crippen LogP contribution in [0.1, 0.15) is 18.7 Å². The van der Waals surface area contributed by atoms with E-state index in [0.29, 0.717) is 5.69 Å². The van der Waals surface area contributed by atoms with Gasteiger partial charge in [-0.2, -0.15) is 4.98 Å². The number of nitrogens with zero attached hydrogens (tertiary/aromatic N) is 3. The molecule has 2 heterocycles. The highest BCUT2D eigenvalue weighted by atomic mass is 16.3. The van der Waals surface area contributed by atoms with E-state index in [-0.39, 0.29) is 17.1 Å². The van der Waals surface area contributed by atoms with Gasteiger partial charge in [-0.1, -0.05) is 0 Å². The Bertz CT molecular complexity index is 562. The molecule has 0 aliphatic rings. The van der Waals surface area contributed by atoms with Crippen LogP contribution in [0.3, 0.4) is 0 Å². The number of aliphatic hydroxyl groups excluding tert-OH is 1. The van der Waals surface area contributed by atoms with Crippen LogP contribution in [-0.4, -0.2) is 25.0 Å². The number of H-pyrrole nitrogens is 1. The molecule has 0 fully saturated rings. The minimum atomic E-state index is -0.779. The van der Waals surface area contributed by atoms with Crippen molar-refractivity contribution < 1.29 is 5.11 Å². The maximum absolute atomic E-state index is 11.4. The van der Waals surface area contributed by atoms with E-state index >= 15 is 0 Å². The molecular formula is C8H9N5O2. The summed E-state index contributed by atoms with van der Waals surface area (Å²) in [5.74, 6) is -0.00778. The Morgan fingerprint density at radius 1 is 1.53 bits per heavy atom. The molecule has 1 unspecified atom stereocenters. The van der Waals surface area contributed by atoms with Crippen LogP contribution in [0.5, 0.6) is 0 Å². The van der Waals surface area contributed by atoms with Crippen molar-refractivity contribution in [2.24, 2.45) is 0 Å². The molecule has 0 amide bonds. The van der Waals surface area contributed by atoms with E-state index in [0.717, 1.165) is 0 Å². The van der Waals surface area contributed by atoms with E-state index in [2.05, 4.69) is 19.9 Å². The molecule has 7 nitrogen and oxygen atoms in total. The number of hydrogen-bond donors (Lipinski definition) is 3. The normalized spacial score (nSPS) is 12.9. The average Bonchev–Trinajstić information content (AvgIpc) is 2.16. The predicted molar refractivity (Wildman–Crippen MR) is 53.0 cm³/mol. The summed E-state index contributed by atoms with van der Waals surface area (Å²) in [6.07, 6.45) is 0.581. The van der Waals surface area contributed by atoms with Crippen LogP contribution < -0.4 is 11.3 Å². The predicted octanol–water partition coefficient (Wildman–Crippen LogP) is -0.651. The lowest BCUT2D eigenvalue weighted by Gasteiger charge is -2.03.